The van der Waals surface area contributed by atoms with Crippen molar-refractivity contribution in [3.05, 3.63) is 11.7 Å². The number of hydrogen-bond donors (Lipinski definition) is 0. The molecule has 0 aromatic carbocycles. The Balaban J connectivity index is 4.21. The number of hydrogen-bond acceptors (Lipinski definition) is 4. The van der Waals surface area contributed by atoms with Gasteiger partial charge in [0.15, 0.2) is 12.6 Å². The van der Waals surface area contributed by atoms with Crippen LogP contribution in [0.3, 0.4) is 0 Å². The zero-order valence-electron chi connectivity index (χ0n) is 16.5. The van der Waals surface area contributed by atoms with E-state index in [2.05, 4.69) is 20.8 Å². The normalized spacial score (nSPS) is 12.0. The lowest BCUT2D eigenvalue weighted by molar-refractivity contribution is -0.0689. The summed E-state index contributed by atoms with van der Waals surface area (Å²) in [7, 11) is 1.61. The molecule has 0 aliphatic rings. The molecular formula is C20H40O4. The fourth-order valence-corrected chi connectivity index (χ4v) is 2.39. The van der Waals surface area contributed by atoms with Gasteiger partial charge in [-0.25, -0.2) is 0 Å². The lowest BCUT2D eigenvalue weighted by Gasteiger charge is -2.16. The number of methoxy groups -OCH3 is 1. The van der Waals surface area contributed by atoms with Crippen molar-refractivity contribution in [3.63, 3.8) is 0 Å². The van der Waals surface area contributed by atoms with Crippen molar-refractivity contribution >= 4 is 0 Å². The van der Waals surface area contributed by atoms with Crippen molar-refractivity contribution in [2.75, 3.05) is 27.1 Å². The van der Waals surface area contributed by atoms with E-state index in [1.54, 1.807) is 7.11 Å². The molecule has 0 unspecified atom stereocenters. The molecule has 24 heavy (non-hydrogen) atoms. The molecule has 0 N–H and O–H groups in total. The third kappa shape index (κ3) is 13.5. The Hall–Kier alpha value is -0.900. The van der Waals surface area contributed by atoms with Crippen LogP contribution in [0.2, 0.25) is 0 Å². The second-order valence-electron chi connectivity index (χ2n) is 6.14. The molecule has 4 heteroatoms. The largest absolute Gasteiger partial charge is 0.491 e. The Kier molecular flexibility index (Phi) is 17.7. The maximum atomic E-state index is 5.90. The molecule has 0 aromatic rings. The van der Waals surface area contributed by atoms with E-state index < -0.39 is 0 Å². The molecule has 0 radical (unpaired) electrons. The first-order valence-corrected chi connectivity index (χ1v) is 9.90. The van der Waals surface area contributed by atoms with Crippen LogP contribution in [0.15, 0.2) is 11.7 Å². The van der Waals surface area contributed by atoms with Crippen LogP contribution in [0.4, 0.5) is 0 Å². The quantitative estimate of drug-likeness (QED) is 0.169. The highest BCUT2D eigenvalue weighted by molar-refractivity contribution is 4.94. The highest BCUT2D eigenvalue weighted by atomic mass is 16.7. The number of ether oxygens (including phenoxy) is 4. The molecule has 144 valence electrons. The second-order valence-corrected chi connectivity index (χ2v) is 6.14. The lowest BCUT2D eigenvalue weighted by atomic mass is 10.2. The average molecular weight is 345 g/mol. The van der Waals surface area contributed by atoms with Gasteiger partial charge in [0.1, 0.15) is 0 Å². The lowest BCUT2D eigenvalue weighted by Crippen LogP contribution is -2.08. The molecule has 0 spiro atoms. The number of rotatable bonds is 18. The van der Waals surface area contributed by atoms with E-state index in [0.717, 1.165) is 31.6 Å². The minimum Gasteiger partial charge on any atom is -0.491 e. The average Bonchev–Trinajstić information content (AvgIpc) is 2.60. The molecule has 0 rings (SSSR count). The predicted octanol–water partition coefficient (Wildman–Crippen LogP) is 6.16. The summed E-state index contributed by atoms with van der Waals surface area (Å²) in [5.74, 6) is 1.31. The molecule has 0 aromatic heterocycles. The van der Waals surface area contributed by atoms with Crippen molar-refractivity contribution < 1.29 is 18.9 Å². The standard InChI is InChI=1S/C20H40O4/c1-5-8-10-12-14-16-22-19(7-3)20(24-18-21-4)23-17-15-13-11-9-6-2/h5-18H2,1-4H3. The topological polar surface area (TPSA) is 36.9 Å². The third-order valence-electron chi connectivity index (χ3n) is 3.86. The first-order valence-electron chi connectivity index (χ1n) is 9.90. The van der Waals surface area contributed by atoms with Crippen LogP contribution < -0.4 is 0 Å². The van der Waals surface area contributed by atoms with Crippen molar-refractivity contribution in [1.29, 1.82) is 0 Å². The van der Waals surface area contributed by atoms with Crippen molar-refractivity contribution in [2.45, 2.75) is 91.4 Å². The van der Waals surface area contributed by atoms with Gasteiger partial charge < -0.3 is 18.9 Å². The van der Waals surface area contributed by atoms with Gasteiger partial charge in [0.2, 0.25) is 0 Å². The molecule has 0 heterocycles. The second kappa shape index (κ2) is 18.4. The summed E-state index contributed by atoms with van der Waals surface area (Å²) in [5.41, 5.74) is 0. The van der Waals surface area contributed by atoms with Crippen LogP contribution in [0.1, 0.15) is 91.4 Å². The van der Waals surface area contributed by atoms with Crippen LogP contribution in [0.25, 0.3) is 0 Å². The van der Waals surface area contributed by atoms with Crippen LogP contribution in [0.5, 0.6) is 0 Å². The summed E-state index contributed by atoms with van der Waals surface area (Å²) < 4.78 is 22.3. The summed E-state index contributed by atoms with van der Waals surface area (Å²) in [4.78, 5) is 0. The van der Waals surface area contributed by atoms with E-state index in [4.69, 9.17) is 18.9 Å². The molecule has 0 aliphatic heterocycles. The molecule has 4 nitrogen and oxygen atoms in total. The van der Waals surface area contributed by atoms with Gasteiger partial charge >= 0.3 is 5.95 Å². The van der Waals surface area contributed by atoms with Gasteiger partial charge in [-0.05, 0) is 12.8 Å². The first-order chi connectivity index (χ1) is 11.8. The Morgan fingerprint density at radius 2 is 1.17 bits per heavy atom. The van der Waals surface area contributed by atoms with E-state index in [9.17, 15) is 0 Å². The van der Waals surface area contributed by atoms with E-state index in [-0.39, 0.29) is 6.79 Å². The fraction of sp³-hybridized carbons (Fsp3) is 0.900. The maximum absolute atomic E-state index is 5.90. The maximum Gasteiger partial charge on any atom is 0.321 e. The van der Waals surface area contributed by atoms with Gasteiger partial charge in [-0.3, -0.25) is 0 Å². The minimum absolute atomic E-state index is 0.189. The zero-order valence-corrected chi connectivity index (χ0v) is 16.5. The van der Waals surface area contributed by atoms with Crippen LogP contribution in [0, 0.1) is 0 Å². The van der Waals surface area contributed by atoms with Crippen molar-refractivity contribution in [1.82, 2.24) is 0 Å². The Labute approximate surface area is 149 Å². The van der Waals surface area contributed by atoms with Gasteiger partial charge in [-0.2, -0.15) is 0 Å². The highest BCUT2D eigenvalue weighted by Crippen LogP contribution is 2.16. The molecule has 0 bridgehead atoms. The zero-order chi connectivity index (χ0) is 17.9. The first kappa shape index (κ1) is 23.1. The Morgan fingerprint density at radius 3 is 1.67 bits per heavy atom. The smallest absolute Gasteiger partial charge is 0.321 e. The van der Waals surface area contributed by atoms with Crippen LogP contribution in [-0.4, -0.2) is 27.1 Å². The van der Waals surface area contributed by atoms with E-state index >= 15 is 0 Å². The van der Waals surface area contributed by atoms with Gasteiger partial charge in [0, 0.05) is 13.5 Å². The van der Waals surface area contributed by atoms with Gasteiger partial charge in [0.05, 0.1) is 13.2 Å². The predicted molar refractivity (Wildman–Crippen MR) is 99.7 cm³/mol. The molecule has 0 aliphatic carbocycles. The van der Waals surface area contributed by atoms with Gasteiger partial charge in [-0.15, -0.1) is 0 Å². The summed E-state index contributed by atoms with van der Waals surface area (Å²) in [6.07, 6.45) is 13.0. The highest BCUT2D eigenvalue weighted by Gasteiger charge is 2.11. The summed E-state index contributed by atoms with van der Waals surface area (Å²) >= 11 is 0. The minimum atomic E-state index is 0.189. The van der Waals surface area contributed by atoms with Crippen LogP contribution in [-0.2, 0) is 18.9 Å². The number of allylic oxidation sites excluding steroid dienone is 1. The van der Waals surface area contributed by atoms with E-state index in [1.165, 1.54) is 51.4 Å². The molecule has 0 amide bonds. The third-order valence-corrected chi connectivity index (χ3v) is 3.86. The molecule has 0 fully saturated rings. The fourth-order valence-electron chi connectivity index (χ4n) is 2.39. The number of unbranched alkanes of at least 4 members (excludes halogenated alkanes) is 8. The van der Waals surface area contributed by atoms with Crippen LogP contribution >= 0.6 is 0 Å². The molecule has 0 saturated carbocycles. The summed E-state index contributed by atoms with van der Waals surface area (Å²) in [5, 5.41) is 0. The Bertz CT molecular complexity index is 289. The SMILES string of the molecule is CCCCCCCOC(CC)=C(OCCCCCCC)OCOC. The van der Waals surface area contributed by atoms with Gasteiger partial charge in [-0.1, -0.05) is 72.1 Å². The monoisotopic (exact) mass is 344 g/mol. The Morgan fingerprint density at radius 1 is 0.625 bits per heavy atom. The molecule has 0 saturated heterocycles. The van der Waals surface area contributed by atoms with E-state index in [0.29, 0.717) is 12.6 Å². The van der Waals surface area contributed by atoms with E-state index in [1.807, 2.05) is 0 Å². The summed E-state index contributed by atoms with van der Waals surface area (Å²) in [6.45, 7) is 8.11. The molecular weight excluding hydrogens is 304 g/mol. The summed E-state index contributed by atoms with van der Waals surface area (Å²) in [6, 6.07) is 0. The van der Waals surface area contributed by atoms with Crippen molar-refractivity contribution in [3.8, 4) is 0 Å². The van der Waals surface area contributed by atoms with Crippen molar-refractivity contribution in [2.24, 2.45) is 0 Å². The molecule has 0 atom stereocenters. The van der Waals surface area contributed by atoms with Gasteiger partial charge in [0.25, 0.3) is 0 Å².